The number of rotatable bonds is 4. The minimum atomic E-state index is 0.186. The second-order valence-electron chi connectivity index (χ2n) is 2.40. The SMILES string of the molecule is C=C(C)/C=C/C(=O)CCC. The Kier molecular flexibility index (Phi) is 4.55. The Hall–Kier alpha value is -0.850. The maximum absolute atomic E-state index is 10.8. The number of allylic oxidation sites excluding steroid dienone is 3. The average Bonchev–Trinajstić information content (AvgIpc) is 1.85. The summed E-state index contributed by atoms with van der Waals surface area (Å²) in [7, 11) is 0. The van der Waals surface area contributed by atoms with Crippen molar-refractivity contribution in [2.45, 2.75) is 26.7 Å². The van der Waals surface area contributed by atoms with Crippen LogP contribution in [0.5, 0.6) is 0 Å². The highest BCUT2D eigenvalue weighted by molar-refractivity contribution is 5.89. The second kappa shape index (κ2) is 4.98. The fourth-order valence-corrected chi connectivity index (χ4v) is 0.565. The van der Waals surface area contributed by atoms with E-state index < -0.39 is 0 Å². The highest BCUT2D eigenvalue weighted by Crippen LogP contribution is 1.94. The molecule has 1 heteroatoms. The minimum Gasteiger partial charge on any atom is -0.295 e. The van der Waals surface area contributed by atoms with Crippen LogP contribution >= 0.6 is 0 Å². The van der Waals surface area contributed by atoms with Crippen LogP contribution in [0.15, 0.2) is 24.3 Å². The summed E-state index contributed by atoms with van der Waals surface area (Å²) in [5.74, 6) is 0.186. The molecule has 0 fully saturated rings. The molecular formula is C9H14O. The molecule has 0 saturated carbocycles. The molecule has 0 saturated heterocycles. The van der Waals surface area contributed by atoms with Gasteiger partial charge in [0.05, 0.1) is 0 Å². The minimum absolute atomic E-state index is 0.186. The van der Waals surface area contributed by atoms with Crippen LogP contribution in [-0.2, 0) is 4.79 Å². The first-order valence-corrected chi connectivity index (χ1v) is 3.53. The Morgan fingerprint density at radius 3 is 2.50 bits per heavy atom. The van der Waals surface area contributed by atoms with Crippen LogP contribution < -0.4 is 0 Å². The molecule has 0 aromatic carbocycles. The molecule has 0 atom stereocenters. The van der Waals surface area contributed by atoms with E-state index in [1.807, 2.05) is 13.8 Å². The smallest absolute Gasteiger partial charge is 0.155 e. The van der Waals surface area contributed by atoms with Gasteiger partial charge in [-0.2, -0.15) is 0 Å². The van der Waals surface area contributed by atoms with Crippen molar-refractivity contribution < 1.29 is 4.79 Å². The molecule has 0 bridgehead atoms. The van der Waals surface area contributed by atoms with Gasteiger partial charge < -0.3 is 0 Å². The number of ketones is 1. The quantitative estimate of drug-likeness (QED) is 0.431. The first-order valence-electron chi connectivity index (χ1n) is 3.53. The van der Waals surface area contributed by atoms with Crippen LogP contribution in [0.25, 0.3) is 0 Å². The summed E-state index contributed by atoms with van der Waals surface area (Å²) in [4.78, 5) is 10.8. The van der Waals surface area contributed by atoms with E-state index in [0.29, 0.717) is 6.42 Å². The normalized spacial score (nSPS) is 10.2. The fourth-order valence-electron chi connectivity index (χ4n) is 0.565. The van der Waals surface area contributed by atoms with Gasteiger partial charge in [-0.1, -0.05) is 25.2 Å². The van der Waals surface area contributed by atoms with Gasteiger partial charge in [0.2, 0.25) is 0 Å². The first-order chi connectivity index (χ1) is 4.66. The molecule has 0 spiro atoms. The van der Waals surface area contributed by atoms with Gasteiger partial charge >= 0.3 is 0 Å². The summed E-state index contributed by atoms with van der Waals surface area (Å²) in [5, 5.41) is 0. The zero-order valence-electron chi connectivity index (χ0n) is 6.68. The summed E-state index contributed by atoms with van der Waals surface area (Å²) in [6.07, 6.45) is 4.90. The Morgan fingerprint density at radius 1 is 1.50 bits per heavy atom. The zero-order chi connectivity index (χ0) is 7.98. The third-order valence-electron chi connectivity index (χ3n) is 1.05. The largest absolute Gasteiger partial charge is 0.295 e. The van der Waals surface area contributed by atoms with Crippen molar-refractivity contribution in [3.8, 4) is 0 Å². The molecular weight excluding hydrogens is 124 g/mol. The molecule has 0 aromatic heterocycles. The van der Waals surface area contributed by atoms with Crippen LogP contribution in [0.3, 0.4) is 0 Å². The Bertz CT molecular complexity index is 154. The van der Waals surface area contributed by atoms with E-state index in [9.17, 15) is 4.79 Å². The molecule has 0 aliphatic heterocycles. The zero-order valence-corrected chi connectivity index (χ0v) is 6.68. The van der Waals surface area contributed by atoms with Gasteiger partial charge in [0, 0.05) is 6.42 Å². The van der Waals surface area contributed by atoms with Crippen LogP contribution in [0, 0.1) is 0 Å². The molecule has 0 aliphatic carbocycles. The van der Waals surface area contributed by atoms with Crippen LogP contribution in [0.1, 0.15) is 26.7 Å². The van der Waals surface area contributed by atoms with E-state index >= 15 is 0 Å². The van der Waals surface area contributed by atoms with Crippen molar-refractivity contribution in [3.05, 3.63) is 24.3 Å². The van der Waals surface area contributed by atoms with Crippen molar-refractivity contribution in [2.24, 2.45) is 0 Å². The molecule has 1 nitrogen and oxygen atoms in total. The van der Waals surface area contributed by atoms with E-state index in [2.05, 4.69) is 6.58 Å². The first kappa shape index (κ1) is 9.15. The lowest BCUT2D eigenvalue weighted by molar-refractivity contribution is -0.114. The lowest BCUT2D eigenvalue weighted by atomic mass is 10.2. The highest BCUT2D eigenvalue weighted by atomic mass is 16.1. The van der Waals surface area contributed by atoms with Gasteiger partial charge in [-0.3, -0.25) is 4.79 Å². The predicted octanol–water partition coefficient (Wildman–Crippen LogP) is 2.49. The molecule has 0 unspecified atom stereocenters. The van der Waals surface area contributed by atoms with Crippen molar-refractivity contribution in [2.75, 3.05) is 0 Å². The maximum Gasteiger partial charge on any atom is 0.155 e. The summed E-state index contributed by atoms with van der Waals surface area (Å²) in [5.41, 5.74) is 0.921. The number of hydrogen-bond donors (Lipinski definition) is 0. The summed E-state index contributed by atoms with van der Waals surface area (Å²) in [6.45, 7) is 7.51. The standard InChI is InChI=1S/C9H14O/c1-4-5-9(10)7-6-8(2)3/h6-7H,2,4-5H2,1,3H3/b7-6+. The lowest BCUT2D eigenvalue weighted by Gasteiger charge is -1.87. The summed E-state index contributed by atoms with van der Waals surface area (Å²) < 4.78 is 0. The van der Waals surface area contributed by atoms with Crippen molar-refractivity contribution in [3.63, 3.8) is 0 Å². The van der Waals surface area contributed by atoms with Crippen molar-refractivity contribution in [1.82, 2.24) is 0 Å². The fraction of sp³-hybridized carbons (Fsp3) is 0.444. The van der Waals surface area contributed by atoms with E-state index in [-0.39, 0.29) is 5.78 Å². The third-order valence-corrected chi connectivity index (χ3v) is 1.05. The molecule has 0 N–H and O–H groups in total. The van der Waals surface area contributed by atoms with Gasteiger partial charge in [-0.05, 0) is 19.4 Å². The number of carbonyl (C=O) groups excluding carboxylic acids is 1. The van der Waals surface area contributed by atoms with Gasteiger partial charge in [0.25, 0.3) is 0 Å². The van der Waals surface area contributed by atoms with Gasteiger partial charge in [0.15, 0.2) is 5.78 Å². The van der Waals surface area contributed by atoms with Gasteiger partial charge in [0.1, 0.15) is 0 Å². The molecule has 0 amide bonds. The average molecular weight is 138 g/mol. The van der Waals surface area contributed by atoms with Gasteiger partial charge in [-0.15, -0.1) is 0 Å². The van der Waals surface area contributed by atoms with E-state index in [0.717, 1.165) is 12.0 Å². The molecule has 56 valence electrons. The van der Waals surface area contributed by atoms with Crippen molar-refractivity contribution >= 4 is 5.78 Å². The molecule has 0 aromatic rings. The Morgan fingerprint density at radius 2 is 2.10 bits per heavy atom. The lowest BCUT2D eigenvalue weighted by Crippen LogP contribution is -1.89. The topological polar surface area (TPSA) is 17.1 Å². The predicted molar refractivity (Wildman–Crippen MR) is 43.9 cm³/mol. The third kappa shape index (κ3) is 5.29. The molecule has 0 rings (SSSR count). The van der Waals surface area contributed by atoms with Crippen LogP contribution in [0.4, 0.5) is 0 Å². The Labute approximate surface area is 62.4 Å². The molecule has 0 aliphatic rings. The molecule has 0 radical (unpaired) electrons. The summed E-state index contributed by atoms with van der Waals surface area (Å²) in [6, 6.07) is 0. The van der Waals surface area contributed by atoms with E-state index in [4.69, 9.17) is 0 Å². The van der Waals surface area contributed by atoms with Crippen LogP contribution in [0.2, 0.25) is 0 Å². The van der Waals surface area contributed by atoms with E-state index in [1.54, 1.807) is 12.2 Å². The number of hydrogen-bond acceptors (Lipinski definition) is 1. The second-order valence-corrected chi connectivity index (χ2v) is 2.40. The molecule has 0 heterocycles. The van der Waals surface area contributed by atoms with Crippen molar-refractivity contribution in [1.29, 1.82) is 0 Å². The monoisotopic (exact) mass is 138 g/mol. The Balaban J connectivity index is 3.67. The highest BCUT2D eigenvalue weighted by Gasteiger charge is 1.90. The van der Waals surface area contributed by atoms with Gasteiger partial charge in [-0.25, -0.2) is 0 Å². The van der Waals surface area contributed by atoms with E-state index in [1.165, 1.54) is 0 Å². The maximum atomic E-state index is 10.8. The molecule has 10 heavy (non-hydrogen) atoms. The summed E-state index contributed by atoms with van der Waals surface area (Å²) >= 11 is 0. The van der Waals surface area contributed by atoms with Crippen LogP contribution in [-0.4, -0.2) is 5.78 Å². The number of carbonyl (C=O) groups is 1.